The second kappa shape index (κ2) is 8.53. The summed E-state index contributed by atoms with van der Waals surface area (Å²) >= 11 is 3.19. The van der Waals surface area contributed by atoms with Crippen LogP contribution in [-0.4, -0.2) is 12.3 Å². The Morgan fingerprint density at radius 1 is 1.35 bits per heavy atom. The zero-order valence-electron chi connectivity index (χ0n) is 12.2. The molecule has 2 N–H and O–H groups in total. The van der Waals surface area contributed by atoms with Gasteiger partial charge >= 0.3 is 0 Å². The van der Waals surface area contributed by atoms with E-state index in [2.05, 4.69) is 29.8 Å². The van der Waals surface area contributed by atoms with E-state index in [1.807, 2.05) is 0 Å². The molecule has 20 heavy (non-hydrogen) atoms. The van der Waals surface area contributed by atoms with E-state index in [9.17, 15) is 9.18 Å². The molecule has 0 fully saturated rings. The van der Waals surface area contributed by atoms with Gasteiger partial charge in [0, 0.05) is 12.8 Å². The molecule has 1 aromatic rings. The number of benzene rings is 1. The topological polar surface area (TPSA) is 43.1 Å². The molecule has 0 saturated heterocycles. The molecule has 1 rings (SSSR count). The molecule has 1 atom stereocenters. The van der Waals surface area contributed by atoms with Gasteiger partial charge in [-0.25, -0.2) is 4.39 Å². The van der Waals surface area contributed by atoms with Gasteiger partial charge in [-0.15, -0.1) is 0 Å². The van der Waals surface area contributed by atoms with E-state index in [1.54, 1.807) is 12.1 Å². The molecule has 0 saturated carbocycles. The van der Waals surface area contributed by atoms with Crippen LogP contribution >= 0.6 is 15.9 Å². The number of carbonyl (C=O) groups excluding carboxylic acids is 1. The van der Waals surface area contributed by atoms with Gasteiger partial charge in [-0.2, -0.15) is 0 Å². The Kier molecular flexibility index (Phi) is 7.38. The summed E-state index contributed by atoms with van der Waals surface area (Å²) in [6.07, 6.45) is 2.63. The largest absolute Gasteiger partial charge is 0.330 e. The summed E-state index contributed by atoms with van der Waals surface area (Å²) in [5.41, 5.74) is 6.32. The molecular weight excluding hydrogens is 321 g/mol. The molecule has 4 heteroatoms. The van der Waals surface area contributed by atoms with Crippen molar-refractivity contribution in [3.8, 4) is 0 Å². The number of nitrogens with two attached hydrogens (primary N) is 1. The van der Waals surface area contributed by atoms with Crippen LogP contribution < -0.4 is 5.73 Å². The third-order valence-corrected chi connectivity index (χ3v) is 4.58. The number of rotatable bonds is 8. The Morgan fingerprint density at radius 2 is 2.05 bits per heavy atom. The van der Waals surface area contributed by atoms with Crippen LogP contribution in [0.2, 0.25) is 0 Å². The van der Waals surface area contributed by atoms with Crippen LogP contribution in [0.25, 0.3) is 0 Å². The lowest BCUT2D eigenvalue weighted by Gasteiger charge is -2.19. The molecule has 1 aromatic carbocycles. The monoisotopic (exact) mass is 343 g/mol. The summed E-state index contributed by atoms with van der Waals surface area (Å²) in [6, 6.07) is 4.80. The summed E-state index contributed by atoms with van der Waals surface area (Å²) in [4.78, 5) is 12.0. The van der Waals surface area contributed by atoms with Crippen molar-refractivity contribution in [2.24, 2.45) is 17.6 Å². The number of Topliss-reactive ketones (excluding diaryl/α,β-unsaturated/α-hetero) is 1. The Bertz CT molecular complexity index is 448. The van der Waals surface area contributed by atoms with Crippen molar-refractivity contribution in [3.63, 3.8) is 0 Å². The number of carbonyl (C=O) groups is 1. The first-order valence-electron chi connectivity index (χ1n) is 7.10. The Balaban J connectivity index is 2.53. The van der Waals surface area contributed by atoms with E-state index >= 15 is 0 Å². The van der Waals surface area contributed by atoms with Crippen LogP contribution in [0.15, 0.2) is 22.7 Å². The minimum absolute atomic E-state index is 0.152. The zero-order chi connectivity index (χ0) is 15.1. The SMILES string of the molecule is CC(C)C(CCN)CCC(=O)Cc1cccc(F)c1Br. The second-order valence-electron chi connectivity index (χ2n) is 5.55. The fourth-order valence-electron chi connectivity index (χ4n) is 2.36. The van der Waals surface area contributed by atoms with Gasteiger partial charge in [0.05, 0.1) is 4.47 Å². The lowest BCUT2D eigenvalue weighted by molar-refractivity contribution is -0.118. The third kappa shape index (κ3) is 5.33. The molecule has 0 aliphatic heterocycles. The van der Waals surface area contributed by atoms with Gasteiger partial charge in [0.25, 0.3) is 0 Å². The highest BCUT2D eigenvalue weighted by Crippen LogP contribution is 2.23. The van der Waals surface area contributed by atoms with Crippen LogP contribution in [0.4, 0.5) is 4.39 Å². The number of hydrogen-bond donors (Lipinski definition) is 1. The maximum Gasteiger partial charge on any atom is 0.137 e. The van der Waals surface area contributed by atoms with Gasteiger partial charge in [0.15, 0.2) is 0 Å². The van der Waals surface area contributed by atoms with E-state index in [4.69, 9.17) is 5.73 Å². The van der Waals surface area contributed by atoms with Gasteiger partial charge in [-0.05, 0) is 58.8 Å². The normalized spacial score (nSPS) is 12.7. The number of ketones is 1. The Morgan fingerprint density at radius 3 is 2.65 bits per heavy atom. The molecule has 0 aliphatic carbocycles. The molecule has 0 spiro atoms. The predicted octanol–water partition coefficient (Wildman–Crippen LogP) is 4.10. The van der Waals surface area contributed by atoms with Gasteiger partial charge in [0.2, 0.25) is 0 Å². The molecule has 0 aromatic heterocycles. The Hall–Kier alpha value is -0.740. The molecule has 2 nitrogen and oxygen atoms in total. The predicted molar refractivity (Wildman–Crippen MR) is 84.0 cm³/mol. The van der Waals surface area contributed by atoms with Crippen molar-refractivity contribution in [2.75, 3.05) is 6.54 Å². The highest BCUT2D eigenvalue weighted by molar-refractivity contribution is 9.10. The fraction of sp³-hybridized carbons (Fsp3) is 0.562. The maximum atomic E-state index is 13.4. The van der Waals surface area contributed by atoms with Crippen LogP contribution in [-0.2, 0) is 11.2 Å². The van der Waals surface area contributed by atoms with Crippen LogP contribution in [0.3, 0.4) is 0 Å². The van der Waals surface area contributed by atoms with Gasteiger partial charge < -0.3 is 5.73 Å². The molecule has 0 heterocycles. The van der Waals surface area contributed by atoms with Gasteiger partial charge in [-0.3, -0.25) is 4.79 Å². The van der Waals surface area contributed by atoms with Crippen molar-refractivity contribution in [1.29, 1.82) is 0 Å². The number of halogens is 2. The maximum absolute atomic E-state index is 13.4. The average Bonchev–Trinajstić information content (AvgIpc) is 2.39. The van der Waals surface area contributed by atoms with Crippen LogP contribution in [0.1, 0.15) is 38.7 Å². The fourth-order valence-corrected chi connectivity index (χ4v) is 2.76. The molecule has 0 radical (unpaired) electrons. The van der Waals surface area contributed by atoms with E-state index in [1.165, 1.54) is 6.07 Å². The van der Waals surface area contributed by atoms with Crippen molar-refractivity contribution in [2.45, 2.75) is 39.5 Å². The molecule has 0 aliphatic rings. The average molecular weight is 344 g/mol. The van der Waals surface area contributed by atoms with Crippen molar-refractivity contribution >= 4 is 21.7 Å². The molecule has 0 amide bonds. The van der Waals surface area contributed by atoms with Crippen LogP contribution in [0, 0.1) is 17.7 Å². The third-order valence-electron chi connectivity index (χ3n) is 3.69. The second-order valence-corrected chi connectivity index (χ2v) is 6.34. The first-order valence-corrected chi connectivity index (χ1v) is 7.89. The van der Waals surface area contributed by atoms with Gasteiger partial charge in [-0.1, -0.05) is 26.0 Å². The van der Waals surface area contributed by atoms with Crippen molar-refractivity contribution in [3.05, 3.63) is 34.1 Å². The minimum atomic E-state index is -0.321. The molecule has 0 bridgehead atoms. The van der Waals surface area contributed by atoms with E-state index in [-0.39, 0.29) is 18.0 Å². The minimum Gasteiger partial charge on any atom is -0.330 e. The van der Waals surface area contributed by atoms with E-state index < -0.39 is 0 Å². The highest BCUT2D eigenvalue weighted by atomic mass is 79.9. The first-order chi connectivity index (χ1) is 9.45. The summed E-state index contributed by atoms with van der Waals surface area (Å²) in [6.45, 7) is 4.98. The lowest BCUT2D eigenvalue weighted by atomic mass is 9.87. The molecule has 112 valence electrons. The summed E-state index contributed by atoms with van der Waals surface area (Å²) in [5.74, 6) is 0.851. The Labute approximate surface area is 129 Å². The molecule has 1 unspecified atom stereocenters. The van der Waals surface area contributed by atoms with Crippen LogP contribution in [0.5, 0.6) is 0 Å². The lowest BCUT2D eigenvalue weighted by Crippen LogP contribution is -2.16. The van der Waals surface area contributed by atoms with Crippen molar-refractivity contribution in [1.82, 2.24) is 0 Å². The summed E-state index contributed by atoms with van der Waals surface area (Å²) in [7, 11) is 0. The smallest absolute Gasteiger partial charge is 0.137 e. The van der Waals surface area contributed by atoms with Crippen molar-refractivity contribution < 1.29 is 9.18 Å². The van der Waals surface area contributed by atoms with E-state index in [0.29, 0.717) is 29.3 Å². The number of hydrogen-bond acceptors (Lipinski definition) is 2. The summed E-state index contributed by atoms with van der Waals surface area (Å²) < 4.78 is 13.8. The van der Waals surface area contributed by atoms with E-state index in [0.717, 1.165) is 18.4 Å². The quantitative estimate of drug-likeness (QED) is 0.772. The molecular formula is C16H23BrFNO. The van der Waals surface area contributed by atoms with Gasteiger partial charge in [0.1, 0.15) is 11.6 Å². The first kappa shape index (κ1) is 17.3. The standard InChI is InChI=1S/C16H23BrFNO/c1-11(2)12(8-9-19)6-7-14(20)10-13-4-3-5-15(18)16(13)17/h3-5,11-12H,6-10,19H2,1-2H3. The highest BCUT2D eigenvalue weighted by Gasteiger charge is 2.15. The zero-order valence-corrected chi connectivity index (χ0v) is 13.7. The summed E-state index contributed by atoms with van der Waals surface area (Å²) in [5, 5.41) is 0.